The van der Waals surface area contributed by atoms with Crippen LogP contribution in [0.5, 0.6) is 0 Å². The summed E-state index contributed by atoms with van der Waals surface area (Å²) in [6.45, 7) is 6.04. The SMILES string of the molecule is C[C@@H]1CCCN1C1(C)CCc2ccc(-c3cnc4[nH]nc(-c5ccc(S(=O)(=O)C6CC6)c(F)c5)c4c3)cc2CC1. The van der Waals surface area contributed by atoms with E-state index in [9.17, 15) is 8.42 Å². The number of pyridine rings is 1. The van der Waals surface area contributed by atoms with E-state index in [1.54, 1.807) is 6.07 Å². The van der Waals surface area contributed by atoms with Crippen LogP contribution in [0.3, 0.4) is 0 Å². The molecule has 0 amide bonds. The van der Waals surface area contributed by atoms with Gasteiger partial charge in [-0.2, -0.15) is 5.10 Å². The molecular formula is C32H35FN4O2S. The minimum absolute atomic E-state index is 0.224. The molecule has 0 bridgehead atoms. The van der Waals surface area contributed by atoms with Crippen molar-refractivity contribution in [2.75, 3.05) is 6.54 Å². The van der Waals surface area contributed by atoms with Crippen LogP contribution < -0.4 is 0 Å². The highest BCUT2D eigenvalue weighted by molar-refractivity contribution is 7.92. The number of nitrogens with zero attached hydrogens (tertiary/aromatic N) is 3. The fourth-order valence-corrected chi connectivity index (χ4v) is 8.66. The maximum atomic E-state index is 15.0. The van der Waals surface area contributed by atoms with Crippen LogP contribution in [0, 0.1) is 5.82 Å². The van der Waals surface area contributed by atoms with E-state index in [-0.39, 0.29) is 10.4 Å². The van der Waals surface area contributed by atoms with E-state index in [2.05, 4.69) is 52.1 Å². The van der Waals surface area contributed by atoms with Crippen molar-refractivity contribution in [1.82, 2.24) is 20.1 Å². The molecule has 0 spiro atoms. The lowest BCUT2D eigenvalue weighted by Gasteiger charge is -2.41. The number of rotatable bonds is 5. The number of aryl methyl sites for hydroxylation is 2. The summed E-state index contributed by atoms with van der Waals surface area (Å²) in [4.78, 5) is 7.13. The van der Waals surface area contributed by atoms with Gasteiger partial charge in [-0.1, -0.05) is 24.3 Å². The molecule has 3 heterocycles. The second-order valence-electron chi connectivity index (χ2n) is 12.2. The number of H-pyrrole nitrogens is 1. The van der Waals surface area contributed by atoms with Crippen LogP contribution >= 0.6 is 0 Å². The van der Waals surface area contributed by atoms with Crippen LogP contribution in [-0.4, -0.2) is 51.9 Å². The van der Waals surface area contributed by atoms with Gasteiger partial charge in [-0.15, -0.1) is 0 Å². The Labute approximate surface area is 234 Å². The van der Waals surface area contributed by atoms with E-state index in [4.69, 9.17) is 0 Å². The predicted octanol–water partition coefficient (Wildman–Crippen LogP) is 6.49. The van der Waals surface area contributed by atoms with Gasteiger partial charge in [0.25, 0.3) is 0 Å². The van der Waals surface area contributed by atoms with Crippen LogP contribution in [0.2, 0.25) is 0 Å². The standard InChI is InChI=1S/C32H35FN4O2S/c1-20-4-3-15-37(20)32(2)13-11-21-5-6-22(16-23(21)12-14-32)25-17-27-30(35-36-31(27)34-19-25)24-7-10-29(28(33)18-24)40(38,39)26-8-9-26/h5-7,10,16-20,26H,3-4,8-9,11-15H2,1-2H3,(H,34,35,36)/t20-,32?/m1/s1. The average Bonchev–Trinajstić information content (AvgIpc) is 3.64. The smallest absolute Gasteiger partial charge is 0.184 e. The molecule has 6 nitrogen and oxygen atoms in total. The molecule has 1 N–H and O–H groups in total. The van der Waals surface area contributed by atoms with Gasteiger partial charge in [-0.25, -0.2) is 17.8 Å². The Kier molecular flexibility index (Phi) is 6.13. The van der Waals surface area contributed by atoms with Gasteiger partial charge in [-0.05, 0) is 107 Å². The van der Waals surface area contributed by atoms with Crippen molar-refractivity contribution < 1.29 is 12.8 Å². The first-order valence-electron chi connectivity index (χ1n) is 14.5. The lowest BCUT2D eigenvalue weighted by molar-refractivity contribution is 0.0821. The molecule has 8 heteroatoms. The minimum Gasteiger partial charge on any atom is -0.295 e. The minimum atomic E-state index is -3.61. The van der Waals surface area contributed by atoms with Crippen molar-refractivity contribution in [3.8, 4) is 22.4 Å². The number of fused-ring (bicyclic) bond motifs is 2. The van der Waals surface area contributed by atoms with Gasteiger partial charge in [0, 0.05) is 34.3 Å². The average molecular weight is 559 g/mol. The summed E-state index contributed by atoms with van der Waals surface area (Å²) in [5, 5.41) is 7.69. The van der Waals surface area contributed by atoms with Gasteiger partial charge in [0.2, 0.25) is 0 Å². The van der Waals surface area contributed by atoms with Gasteiger partial charge in [0.15, 0.2) is 15.5 Å². The Morgan fingerprint density at radius 2 is 1.75 bits per heavy atom. The number of benzene rings is 2. The highest BCUT2D eigenvalue weighted by Crippen LogP contribution is 2.39. The number of hydrogen-bond acceptors (Lipinski definition) is 5. The van der Waals surface area contributed by atoms with Crippen molar-refractivity contribution >= 4 is 20.9 Å². The molecule has 4 aromatic rings. The lowest BCUT2D eigenvalue weighted by atomic mass is 9.89. The van der Waals surface area contributed by atoms with Crippen LogP contribution in [0.4, 0.5) is 4.39 Å². The molecule has 40 heavy (non-hydrogen) atoms. The van der Waals surface area contributed by atoms with E-state index in [1.807, 2.05) is 12.3 Å². The largest absolute Gasteiger partial charge is 0.295 e. The maximum Gasteiger partial charge on any atom is 0.184 e. The number of halogens is 1. The van der Waals surface area contributed by atoms with Crippen LogP contribution in [0.15, 0.2) is 53.6 Å². The zero-order chi connectivity index (χ0) is 27.6. The fourth-order valence-electron chi connectivity index (χ4n) is 6.96. The van der Waals surface area contributed by atoms with Crippen molar-refractivity contribution in [1.29, 1.82) is 0 Å². The van der Waals surface area contributed by atoms with Crippen LogP contribution in [0.25, 0.3) is 33.4 Å². The van der Waals surface area contributed by atoms with Gasteiger partial charge in [0.1, 0.15) is 16.4 Å². The van der Waals surface area contributed by atoms with Crippen molar-refractivity contribution in [3.05, 3.63) is 65.6 Å². The molecule has 2 fully saturated rings. The van der Waals surface area contributed by atoms with Gasteiger partial charge in [-0.3, -0.25) is 10.00 Å². The number of likely N-dealkylation sites (tertiary alicyclic amines) is 1. The van der Waals surface area contributed by atoms with E-state index >= 15 is 4.39 Å². The Balaban J connectivity index is 1.19. The summed E-state index contributed by atoms with van der Waals surface area (Å²) in [5.74, 6) is -0.731. The number of hydrogen-bond donors (Lipinski definition) is 1. The molecule has 2 atom stereocenters. The number of nitrogens with one attached hydrogen (secondary N) is 1. The van der Waals surface area contributed by atoms with Crippen LogP contribution in [0.1, 0.15) is 63.5 Å². The van der Waals surface area contributed by atoms with Crippen LogP contribution in [-0.2, 0) is 22.7 Å². The summed E-state index contributed by atoms with van der Waals surface area (Å²) in [6.07, 6.45) is 10.2. The van der Waals surface area contributed by atoms with Crippen molar-refractivity contribution in [2.24, 2.45) is 0 Å². The van der Waals surface area contributed by atoms with E-state index in [1.165, 1.54) is 49.1 Å². The molecule has 1 saturated carbocycles. The third kappa shape index (κ3) is 4.36. The molecule has 3 aliphatic rings. The molecule has 7 rings (SSSR count). The summed E-state index contributed by atoms with van der Waals surface area (Å²) < 4.78 is 40.2. The number of aromatic amines is 1. The third-order valence-electron chi connectivity index (χ3n) is 9.54. The van der Waals surface area contributed by atoms with E-state index in [0.29, 0.717) is 35.8 Å². The molecule has 1 aliphatic heterocycles. The predicted molar refractivity (Wildman–Crippen MR) is 155 cm³/mol. The molecular weight excluding hydrogens is 523 g/mol. The first-order valence-corrected chi connectivity index (χ1v) is 16.0. The zero-order valence-electron chi connectivity index (χ0n) is 23.1. The summed E-state index contributed by atoms with van der Waals surface area (Å²) in [5.41, 5.74) is 6.87. The monoisotopic (exact) mass is 558 g/mol. The molecule has 2 aliphatic carbocycles. The highest BCUT2D eigenvalue weighted by atomic mass is 32.2. The quantitative estimate of drug-likeness (QED) is 0.283. The molecule has 0 radical (unpaired) electrons. The zero-order valence-corrected chi connectivity index (χ0v) is 23.9. The summed E-state index contributed by atoms with van der Waals surface area (Å²) >= 11 is 0. The number of aromatic nitrogens is 3. The molecule has 2 aromatic carbocycles. The topological polar surface area (TPSA) is 79.0 Å². The van der Waals surface area contributed by atoms with E-state index < -0.39 is 20.9 Å². The van der Waals surface area contributed by atoms with Gasteiger partial charge in [0.05, 0.1) is 5.25 Å². The summed E-state index contributed by atoms with van der Waals surface area (Å²) in [6, 6.07) is 13.8. The van der Waals surface area contributed by atoms with E-state index in [0.717, 1.165) is 35.8 Å². The molecule has 1 unspecified atom stereocenters. The van der Waals surface area contributed by atoms with Crippen molar-refractivity contribution in [3.63, 3.8) is 0 Å². The number of sulfone groups is 1. The second kappa shape index (κ2) is 9.48. The molecule has 1 saturated heterocycles. The van der Waals surface area contributed by atoms with Gasteiger partial charge >= 0.3 is 0 Å². The lowest BCUT2D eigenvalue weighted by Crippen LogP contribution is -2.48. The maximum absolute atomic E-state index is 15.0. The Hall–Kier alpha value is -3.10. The fraction of sp³-hybridized carbons (Fsp3) is 0.438. The Morgan fingerprint density at radius 1 is 0.975 bits per heavy atom. The highest BCUT2D eigenvalue weighted by Gasteiger charge is 2.39. The Morgan fingerprint density at radius 3 is 2.48 bits per heavy atom. The molecule has 208 valence electrons. The second-order valence-corrected chi connectivity index (χ2v) is 14.4. The molecule has 2 aromatic heterocycles. The first kappa shape index (κ1) is 25.8. The summed E-state index contributed by atoms with van der Waals surface area (Å²) in [7, 11) is -3.61. The van der Waals surface area contributed by atoms with Crippen molar-refractivity contribution in [2.45, 2.75) is 86.9 Å². The third-order valence-corrected chi connectivity index (χ3v) is 11.8. The normalized spacial score (nSPS) is 23.8. The van der Waals surface area contributed by atoms with Gasteiger partial charge < -0.3 is 0 Å². The first-order chi connectivity index (χ1) is 19.2. The Bertz CT molecular complexity index is 1730.